The van der Waals surface area contributed by atoms with Gasteiger partial charge in [-0.2, -0.15) is 5.26 Å². The first-order valence-electron chi connectivity index (χ1n) is 3.77. The van der Waals surface area contributed by atoms with E-state index >= 15 is 0 Å². The Labute approximate surface area is 78.4 Å². The fourth-order valence-corrected chi connectivity index (χ4v) is 1.18. The van der Waals surface area contributed by atoms with Crippen LogP contribution >= 0.6 is 12.6 Å². The van der Waals surface area contributed by atoms with Gasteiger partial charge in [-0.3, -0.25) is 0 Å². The molecule has 0 aromatic heterocycles. The zero-order chi connectivity index (χ0) is 9.19. The van der Waals surface area contributed by atoms with Gasteiger partial charge < -0.3 is 0 Å². The second-order valence-electron chi connectivity index (χ2n) is 3.29. The summed E-state index contributed by atoms with van der Waals surface area (Å²) < 4.78 is 0. The summed E-state index contributed by atoms with van der Waals surface area (Å²) in [4.78, 5) is 0.899. The van der Waals surface area contributed by atoms with Gasteiger partial charge in [-0.05, 0) is 31.5 Å². The molecule has 1 aromatic carbocycles. The third-order valence-electron chi connectivity index (χ3n) is 1.85. The van der Waals surface area contributed by atoms with E-state index in [1.165, 1.54) is 0 Å². The van der Waals surface area contributed by atoms with Crippen LogP contribution in [0.5, 0.6) is 0 Å². The molecule has 0 unspecified atom stereocenters. The van der Waals surface area contributed by atoms with Gasteiger partial charge in [-0.15, -0.1) is 12.6 Å². The van der Waals surface area contributed by atoms with Crippen LogP contribution in [0.15, 0.2) is 29.2 Å². The Hall–Kier alpha value is -0.940. The predicted molar refractivity (Wildman–Crippen MR) is 52.3 cm³/mol. The molecule has 0 atom stereocenters. The van der Waals surface area contributed by atoms with Crippen molar-refractivity contribution < 1.29 is 0 Å². The molecule has 0 aliphatic carbocycles. The van der Waals surface area contributed by atoms with Gasteiger partial charge in [0.25, 0.3) is 0 Å². The van der Waals surface area contributed by atoms with Crippen molar-refractivity contribution in [3.05, 3.63) is 29.8 Å². The van der Waals surface area contributed by atoms with E-state index in [1.807, 2.05) is 38.1 Å². The van der Waals surface area contributed by atoms with Crippen molar-refractivity contribution in [2.75, 3.05) is 0 Å². The lowest BCUT2D eigenvalue weighted by atomic mass is 9.86. The first kappa shape index (κ1) is 9.15. The Balaban J connectivity index is 3.14. The van der Waals surface area contributed by atoms with Crippen molar-refractivity contribution in [3.8, 4) is 6.07 Å². The zero-order valence-electron chi connectivity index (χ0n) is 7.20. The minimum absolute atomic E-state index is 0.418. The van der Waals surface area contributed by atoms with Crippen LogP contribution in [-0.4, -0.2) is 0 Å². The minimum atomic E-state index is -0.418. The summed E-state index contributed by atoms with van der Waals surface area (Å²) in [5, 5.41) is 8.86. The molecule has 0 fully saturated rings. The Morgan fingerprint density at radius 1 is 1.42 bits per heavy atom. The third kappa shape index (κ3) is 1.80. The zero-order valence-corrected chi connectivity index (χ0v) is 8.10. The molecule has 0 spiro atoms. The lowest BCUT2D eigenvalue weighted by Crippen LogP contribution is -2.13. The molecule has 0 amide bonds. The number of hydrogen-bond donors (Lipinski definition) is 1. The molecule has 62 valence electrons. The van der Waals surface area contributed by atoms with E-state index in [0.29, 0.717) is 0 Å². The average Bonchev–Trinajstić information content (AvgIpc) is 2.05. The number of benzene rings is 1. The quantitative estimate of drug-likeness (QED) is 0.655. The molecular weight excluding hydrogens is 166 g/mol. The highest BCUT2D eigenvalue weighted by atomic mass is 32.1. The van der Waals surface area contributed by atoms with Crippen LogP contribution < -0.4 is 0 Å². The number of rotatable bonds is 1. The van der Waals surface area contributed by atoms with E-state index in [2.05, 4.69) is 18.7 Å². The van der Waals surface area contributed by atoms with Gasteiger partial charge >= 0.3 is 0 Å². The molecule has 0 N–H and O–H groups in total. The normalized spacial score (nSPS) is 10.8. The summed E-state index contributed by atoms with van der Waals surface area (Å²) in [6.07, 6.45) is 0. The standard InChI is InChI=1S/C10H11NS/c1-10(2,7-11)8-4-3-5-9(12)6-8/h3-6,12H,1-2H3. The Morgan fingerprint density at radius 2 is 2.08 bits per heavy atom. The van der Waals surface area contributed by atoms with Gasteiger partial charge in [-0.1, -0.05) is 12.1 Å². The molecule has 2 heteroatoms. The minimum Gasteiger partial charge on any atom is -0.197 e. The molecule has 1 nitrogen and oxygen atoms in total. The van der Waals surface area contributed by atoms with Gasteiger partial charge in [0.15, 0.2) is 0 Å². The SMILES string of the molecule is CC(C)(C#N)c1cccc(S)c1. The van der Waals surface area contributed by atoms with Gasteiger partial charge in [0.2, 0.25) is 0 Å². The van der Waals surface area contributed by atoms with Crippen molar-refractivity contribution in [2.24, 2.45) is 0 Å². The summed E-state index contributed by atoms with van der Waals surface area (Å²) in [6, 6.07) is 9.94. The molecule has 1 aromatic rings. The van der Waals surface area contributed by atoms with Crippen LogP contribution in [0.2, 0.25) is 0 Å². The van der Waals surface area contributed by atoms with E-state index in [0.717, 1.165) is 10.5 Å². The summed E-state index contributed by atoms with van der Waals surface area (Å²) in [6.45, 7) is 3.80. The number of nitriles is 1. The summed E-state index contributed by atoms with van der Waals surface area (Å²) in [7, 11) is 0. The third-order valence-corrected chi connectivity index (χ3v) is 2.13. The molecular formula is C10H11NS. The van der Waals surface area contributed by atoms with Crippen molar-refractivity contribution in [1.29, 1.82) is 5.26 Å². The van der Waals surface area contributed by atoms with Gasteiger partial charge in [0.1, 0.15) is 0 Å². The Kier molecular flexibility index (Phi) is 2.44. The van der Waals surface area contributed by atoms with Crippen LogP contribution in [-0.2, 0) is 5.41 Å². The van der Waals surface area contributed by atoms with E-state index in [4.69, 9.17) is 5.26 Å². The first-order valence-corrected chi connectivity index (χ1v) is 4.22. The maximum atomic E-state index is 8.86. The maximum Gasteiger partial charge on any atom is 0.0766 e. The van der Waals surface area contributed by atoms with Crippen LogP contribution in [0.4, 0.5) is 0 Å². The van der Waals surface area contributed by atoms with Crippen molar-refractivity contribution in [2.45, 2.75) is 24.2 Å². The van der Waals surface area contributed by atoms with Crippen LogP contribution in [0.1, 0.15) is 19.4 Å². The number of thiol groups is 1. The molecule has 1 rings (SSSR count). The molecule has 0 radical (unpaired) electrons. The highest BCUT2D eigenvalue weighted by molar-refractivity contribution is 7.80. The Bertz CT molecular complexity index is 323. The summed E-state index contributed by atoms with van der Waals surface area (Å²) in [5.74, 6) is 0. The molecule has 0 saturated heterocycles. The van der Waals surface area contributed by atoms with Crippen LogP contribution in [0, 0.1) is 11.3 Å². The summed E-state index contributed by atoms with van der Waals surface area (Å²) >= 11 is 4.22. The number of hydrogen-bond acceptors (Lipinski definition) is 2. The predicted octanol–water partition coefficient (Wildman–Crippen LogP) is 2.78. The molecule has 12 heavy (non-hydrogen) atoms. The fraction of sp³-hybridized carbons (Fsp3) is 0.300. The van der Waals surface area contributed by atoms with E-state index < -0.39 is 5.41 Å². The fourth-order valence-electron chi connectivity index (χ4n) is 0.959. The Morgan fingerprint density at radius 3 is 2.58 bits per heavy atom. The van der Waals surface area contributed by atoms with E-state index in [1.54, 1.807) is 0 Å². The van der Waals surface area contributed by atoms with Crippen LogP contribution in [0.25, 0.3) is 0 Å². The topological polar surface area (TPSA) is 23.8 Å². The summed E-state index contributed by atoms with van der Waals surface area (Å²) in [5.41, 5.74) is 0.594. The van der Waals surface area contributed by atoms with Gasteiger partial charge in [0.05, 0.1) is 11.5 Å². The first-order chi connectivity index (χ1) is 5.56. The lowest BCUT2D eigenvalue weighted by molar-refractivity contribution is 0.685. The van der Waals surface area contributed by atoms with Gasteiger partial charge in [0, 0.05) is 4.90 Å². The van der Waals surface area contributed by atoms with E-state index in [9.17, 15) is 0 Å². The highest BCUT2D eigenvalue weighted by Crippen LogP contribution is 2.23. The second kappa shape index (κ2) is 3.20. The highest BCUT2D eigenvalue weighted by Gasteiger charge is 2.18. The van der Waals surface area contributed by atoms with Crippen molar-refractivity contribution in [1.82, 2.24) is 0 Å². The number of nitrogens with zero attached hydrogens (tertiary/aromatic N) is 1. The molecule has 0 bridgehead atoms. The molecule has 0 aliphatic heterocycles. The monoisotopic (exact) mass is 177 g/mol. The molecule has 0 heterocycles. The average molecular weight is 177 g/mol. The smallest absolute Gasteiger partial charge is 0.0766 e. The molecule has 0 aliphatic rings. The molecule has 0 saturated carbocycles. The van der Waals surface area contributed by atoms with Gasteiger partial charge in [-0.25, -0.2) is 0 Å². The lowest BCUT2D eigenvalue weighted by Gasteiger charge is -2.15. The van der Waals surface area contributed by atoms with E-state index in [-0.39, 0.29) is 0 Å². The largest absolute Gasteiger partial charge is 0.197 e. The van der Waals surface area contributed by atoms with Crippen molar-refractivity contribution >= 4 is 12.6 Å². The van der Waals surface area contributed by atoms with Crippen molar-refractivity contribution in [3.63, 3.8) is 0 Å². The maximum absolute atomic E-state index is 8.86. The van der Waals surface area contributed by atoms with Crippen LogP contribution in [0.3, 0.4) is 0 Å². The second-order valence-corrected chi connectivity index (χ2v) is 3.80.